The highest BCUT2D eigenvalue weighted by atomic mass is 35.5. The molecular formula is C12H14ClN3O2. The maximum atomic E-state index is 5.87. The van der Waals surface area contributed by atoms with Crippen molar-refractivity contribution in [2.24, 2.45) is 5.92 Å². The lowest BCUT2D eigenvalue weighted by Crippen LogP contribution is -2.31. The van der Waals surface area contributed by atoms with Crippen LogP contribution >= 0.6 is 11.6 Å². The van der Waals surface area contributed by atoms with Gasteiger partial charge in [0.1, 0.15) is 0 Å². The van der Waals surface area contributed by atoms with Crippen molar-refractivity contribution in [2.75, 3.05) is 13.1 Å². The van der Waals surface area contributed by atoms with E-state index >= 15 is 0 Å². The summed E-state index contributed by atoms with van der Waals surface area (Å²) in [6.45, 7) is 2.13. The van der Waals surface area contributed by atoms with Crippen LogP contribution in [0.25, 0.3) is 11.5 Å². The molecule has 18 heavy (non-hydrogen) atoms. The van der Waals surface area contributed by atoms with Crippen LogP contribution in [0.15, 0.2) is 21.3 Å². The zero-order chi connectivity index (χ0) is 12.4. The molecule has 0 spiro atoms. The molecule has 2 aromatic rings. The van der Waals surface area contributed by atoms with E-state index in [2.05, 4.69) is 15.5 Å². The van der Waals surface area contributed by atoms with Crippen LogP contribution in [0.5, 0.6) is 0 Å². The fourth-order valence-corrected chi connectivity index (χ4v) is 2.44. The quantitative estimate of drug-likeness (QED) is 0.926. The van der Waals surface area contributed by atoms with E-state index < -0.39 is 0 Å². The lowest BCUT2D eigenvalue weighted by molar-refractivity contribution is 0.360. The molecule has 3 heterocycles. The van der Waals surface area contributed by atoms with E-state index in [1.807, 2.05) is 0 Å². The predicted octanol–water partition coefficient (Wildman–Crippen LogP) is 2.53. The molecule has 2 aromatic heterocycles. The molecule has 1 unspecified atom stereocenters. The van der Waals surface area contributed by atoms with Gasteiger partial charge in [-0.2, -0.15) is 4.98 Å². The minimum Gasteiger partial charge on any atom is -0.452 e. The van der Waals surface area contributed by atoms with Crippen molar-refractivity contribution in [1.82, 2.24) is 15.5 Å². The van der Waals surface area contributed by atoms with Gasteiger partial charge in [-0.3, -0.25) is 0 Å². The number of hydrogen-bond donors (Lipinski definition) is 1. The van der Waals surface area contributed by atoms with Gasteiger partial charge in [-0.1, -0.05) is 5.16 Å². The molecule has 1 fully saturated rings. The average molecular weight is 268 g/mol. The van der Waals surface area contributed by atoms with E-state index in [9.17, 15) is 0 Å². The Balaban J connectivity index is 1.71. The van der Waals surface area contributed by atoms with E-state index in [1.165, 1.54) is 19.1 Å². The van der Waals surface area contributed by atoms with Crippen LogP contribution in [-0.4, -0.2) is 23.2 Å². The number of piperidine rings is 1. The van der Waals surface area contributed by atoms with Crippen LogP contribution < -0.4 is 5.32 Å². The summed E-state index contributed by atoms with van der Waals surface area (Å²) >= 11 is 5.87. The molecular weight excluding hydrogens is 254 g/mol. The Morgan fingerprint density at radius 3 is 3.17 bits per heavy atom. The number of nitrogens with one attached hydrogen (secondary N) is 1. The van der Waals surface area contributed by atoms with E-state index in [0.29, 0.717) is 17.4 Å². The molecule has 1 atom stereocenters. The number of hydrogen-bond acceptors (Lipinski definition) is 5. The predicted molar refractivity (Wildman–Crippen MR) is 66.3 cm³/mol. The van der Waals surface area contributed by atoms with E-state index in [4.69, 9.17) is 20.5 Å². The van der Waals surface area contributed by atoms with Crippen molar-refractivity contribution >= 4 is 11.6 Å². The molecule has 1 aliphatic rings. The number of aromatic nitrogens is 2. The van der Waals surface area contributed by atoms with Gasteiger partial charge >= 0.3 is 0 Å². The molecule has 96 valence electrons. The van der Waals surface area contributed by atoms with Crippen molar-refractivity contribution in [3.63, 3.8) is 0 Å². The first-order chi connectivity index (χ1) is 8.83. The second kappa shape index (κ2) is 5.12. The van der Waals surface area contributed by atoms with Gasteiger partial charge in [-0.15, -0.1) is 0 Å². The van der Waals surface area contributed by atoms with Gasteiger partial charge < -0.3 is 14.3 Å². The molecule has 5 nitrogen and oxygen atoms in total. The summed E-state index contributed by atoms with van der Waals surface area (Å²) in [5.74, 6) is 1.74. The zero-order valence-electron chi connectivity index (χ0n) is 9.86. The minimum atomic E-state index is 0.282. The number of rotatable bonds is 3. The summed E-state index contributed by atoms with van der Waals surface area (Å²) in [5, 5.41) is 7.65. The number of nitrogens with zero attached hydrogens (tertiary/aromatic N) is 2. The van der Waals surface area contributed by atoms with Crippen LogP contribution in [0.1, 0.15) is 18.7 Å². The van der Waals surface area contributed by atoms with E-state index in [1.54, 1.807) is 6.07 Å². The van der Waals surface area contributed by atoms with Gasteiger partial charge in [-0.25, -0.2) is 0 Å². The molecule has 3 rings (SSSR count). The molecule has 1 saturated heterocycles. The molecule has 1 aliphatic heterocycles. The highest BCUT2D eigenvalue weighted by Gasteiger charge is 2.19. The van der Waals surface area contributed by atoms with Crippen LogP contribution in [0.3, 0.4) is 0 Å². The van der Waals surface area contributed by atoms with Crippen LogP contribution in [0, 0.1) is 5.92 Å². The Kier molecular flexibility index (Phi) is 3.34. The van der Waals surface area contributed by atoms with Gasteiger partial charge in [0.2, 0.25) is 5.22 Å². The maximum Gasteiger partial charge on any atom is 0.262 e. The average Bonchev–Trinajstić information content (AvgIpc) is 2.99. The Morgan fingerprint density at radius 1 is 1.50 bits per heavy atom. The van der Waals surface area contributed by atoms with Crippen molar-refractivity contribution in [1.29, 1.82) is 0 Å². The standard InChI is InChI=1S/C12H14ClN3O2/c13-11-9(3-5-17-11)12-15-10(16-18-12)6-8-2-1-4-14-7-8/h3,5,8,14H,1-2,4,6-7H2. The summed E-state index contributed by atoms with van der Waals surface area (Å²) < 4.78 is 10.2. The van der Waals surface area contributed by atoms with Crippen LogP contribution in [0.2, 0.25) is 5.22 Å². The smallest absolute Gasteiger partial charge is 0.262 e. The summed E-state index contributed by atoms with van der Waals surface area (Å²) in [6.07, 6.45) is 4.77. The first kappa shape index (κ1) is 11.7. The lowest BCUT2D eigenvalue weighted by atomic mass is 9.96. The minimum absolute atomic E-state index is 0.282. The fraction of sp³-hybridized carbons (Fsp3) is 0.500. The third-order valence-corrected chi connectivity index (χ3v) is 3.48. The Hall–Kier alpha value is -1.33. The normalized spacial score (nSPS) is 20.2. The van der Waals surface area contributed by atoms with Crippen LogP contribution in [0.4, 0.5) is 0 Å². The topological polar surface area (TPSA) is 64.1 Å². The second-order valence-electron chi connectivity index (χ2n) is 4.54. The summed E-state index contributed by atoms with van der Waals surface area (Å²) in [5.41, 5.74) is 0.650. The second-order valence-corrected chi connectivity index (χ2v) is 4.88. The van der Waals surface area contributed by atoms with Crippen molar-refractivity contribution in [3.05, 3.63) is 23.4 Å². The molecule has 0 bridgehead atoms. The Bertz CT molecular complexity index is 517. The molecule has 0 amide bonds. The maximum absolute atomic E-state index is 5.87. The largest absolute Gasteiger partial charge is 0.452 e. The fourth-order valence-electron chi connectivity index (χ4n) is 2.25. The molecule has 0 aliphatic carbocycles. The highest BCUT2D eigenvalue weighted by Crippen LogP contribution is 2.27. The summed E-state index contributed by atoms with van der Waals surface area (Å²) in [7, 11) is 0. The van der Waals surface area contributed by atoms with Gasteiger partial charge in [-0.05, 0) is 49.5 Å². The van der Waals surface area contributed by atoms with Gasteiger partial charge in [0.25, 0.3) is 5.89 Å². The lowest BCUT2D eigenvalue weighted by Gasteiger charge is -2.20. The molecule has 0 saturated carbocycles. The Morgan fingerprint density at radius 2 is 2.44 bits per heavy atom. The first-order valence-electron chi connectivity index (χ1n) is 6.09. The van der Waals surface area contributed by atoms with Crippen LogP contribution in [-0.2, 0) is 6.42 Å². The van der Waals surface area contributed by atoms with Crippen molar-refractivity contribution < 1.29 is 8.94 Å². The molecule has 0 aromatic carbocycles. The number of halogens is 1. The highest BCUT2D eigenvalue weighted by molar-refractivity contribution is 6.31. The Labute approximate surface area is 110 Å². The van der Waals surface area contributed by atoms with Gasteiger partial charge in [0.15, 0.2) is 5.82 Å². The molecule has 0 radical (unpaired) electrons. The van der Waals surface area contributed by atoms with Crippen molar-refractivity contribution in [2.45, 2.75) is 19.3 Å². The van der Waals surface area contributed by atoms with Gasteiger partial charge in [0, 0.05) is 6.42 Å². The first-order valence-corrected chi connectivity index (χ1v) is 6.47. The molecule has 6 heteroatoms. The number of furan rings is 1. The third kappa shape index (κ3) is 2.42. The molecule has 1 N–H and O–H groups in total. The SMILES string of the molecule is Clc1occc1-c1nc(CC2CCCNC2)no1. The van der Waals surface area contributed by atoms with Crippen molar-refractivity contribution in [3.8, 4) is 11.5 Å². The summed E-state index contributed by atoms with van der Waals surface area (Å²) in [4.78, 5) is 4.36. The van der Waals surface area contributed by atoms with E-state index in [-0.39, 0.29) is 5.22 Å². The van der Waals surface area contributed by atoms with E-state index in [0.717, 1.165) is 25.3 Å². The summed E-state index contributed by atoms with van der Waals surface area (Å²) in [6, 6.07) is 1.72. The zero-order valence-corrected chi connectivity index (χ0v) is 10.6. The monoisotopic (exact) mass is 267 g/mol. The third-order valence-electron chi connectivity index (χ3n) is 3.19. The van der Waals surface area contributed by atoms with Gasteiger partial charge in [0.05, 0.1) is 11.8 Å².